The van der Waals surface area contributed by atoms with E-state index in [4.69, 9.17) is 0 Å². The van der Waals surface area contributed by atoms with Gasteiger partial charge in [-0.15, -0.1) is 11.3 Å². The lowest BCUT2D eigenvalue weighted by Gasteiger charge is -2.26. The summed E-state index contributed by atoms with van der Waals surface area (Å²) in [6.07, 6.45) is 0.748. The molecule has 2 atom stereocenters. The number of benzene rings is 1. The molecule has 28 heavy (non-hydrogen) atoms. The minimum atomic E-state index is -0.981. The van der Waals surface area contributed by atoms with Gasteiger partial charge in [0, 0.05) is 17.0 Å². The average Bonchev–Trinajstić information content (AvgIpc) is 3.25. The zero-order valence-electron chi connectivity index (χ0n) is 16.8. The summed E-state index contributed by atoms with van der Waals surface area (Å²) in [5.41, 5.74) is 2.32. The van der Waals surface area contributed by atoms with Gasteiger partial charge in [-0.25, -0.2) is 0 Å². The van der Waals surface area contributed by atoms with Gasteiger partial charge in [-0.05, 0) is 64.0 Å². The zero-order chi connectivity index (χ0) is 20.4. The summed E-state index contributed by atoms with van der Waals surface area (Å²) in [7, 11) is 3.95. The smallest absolute Gasteiger partial charge is 0.291 e. The molecule has 2 heterocycles. The number of hydrogen-bond acceptors (Lipinski definition) is 5. The molecule has 1 amide bonds. The predicted octanol–water partition coefficient (Wildman–Crippen LogP) is 3.27. The molecular formula is C22H26N2O3S. The fourth-order valence-electron chi connectivity index (χ4n) is 3.73. The molecule has 1 aromatic carbocycles. The lowest BCUT2D eigenvalue weighted by atomic mass is 9.87. The van der Waals surface area contributed by atoms with Crippen molar-refractivity contribution in [1.29, 1.82) is 0 Å². The van der Waals surface area contributed by atoms with Crippen molar-refractivity contribution < 1.29 is 14.4 Å². The molecule has 1 fully saturated rings. The Hall–Kier alpha value is -2.31. The Morgan fingerprint density at radius 2 is 1.93 bits per heavy atom. The fourth-order valence-corrected chi connectivity index (χ4v) is 4.60. The van der Waals surface area contributed by atoms with Gasteiger partial charge in [0.25, 0.3) is 5.91 Å². The number of thiophene rings is 1. The predicted molar refractivity (Wildman–Crippen MR) is 111 cm³/mol. The Morgan fingerprint density at radius 1 is 1.18 bits per heavy atom. The van der Waals surface area contributed by atoms with Gasteiger partial charge in [0.1, 0.15) is 5.92 Å². The van der Waals surface area contributed by atoms with Crippen molar-refractivity contribution in [2.24, 2.45) is 5.92 Å². The van der Waals surface area contributed by atoms with Crippen LogP contribution in [0.5, 0.6) is 0 Å². The quantitative estimate of drug-likeness (QED) is 0.408. The lowest BCUT2D eigenvalue weighted by Crippen LogP contribution is -2.32. The standard InChI is InChI=1S/C22H26N2O3S/c1-14-8-9-15(2)16(13-14)20(25)18-19(17-7-5-12-28-17)24(22(27)21(18)26)11-6-10-23(3)4/h5,7-9,12-13,18-19H,6,10-11H2,1-4H3. The van der Waals surface area contributed by atoms with Crippen LogP contribution in [0.15, 0.2) is 35.7 Å². The first-order chi connectivity index (χ1) is 13.3. The molecule has 1 saturated heterocycles. The van der Waals surface area contributed by atoms with Gasteiger partial charge in [-0.2, -0.15) is 0 Å². The maximum atomic E-state index is 13.4. The second-order valence-corrected chi connectivity index (χ2v) is 8.62. The number of likely N-dealkylation sites (tertiary alicyclic amines) is 1. The van der Waals surface area contributed by atoms with Crippen LogP contribution in [0.1, 0.15) is 38.8 Å². The Bertz CT molecular complexity index is 889. The molecule has 1 aromatic heterocycles. The molecule has 6 heteroatoms. The van der Waals surface area contributed by atoms with E-state index in [1.165, 1.54) is 11.3 Å². The Labute approximate surface area is 170 Å². The summed E-state index contributed by atoms with van der Waals surface area (Å²) in [5, 5.41) is 1.92. The summed E-state index contributed by atoms with van der Waals surface area (Å²) < 4.78 is 0. The molecule has 0 radical (unpaired) electrons. The van der Waals surface area contributed by atoms with E-state index in [0.717, 1.165) is 29.0 Å². The van der Waals surface area contributed by atoms with Crippen LogP contribution in [0.2, 0.25) is 0 Å². The first-order valence-corrected chi connectivity index (χ1v) is 10.3. The Morgan fingerprint density at radius 3 is 2.57 bits per heavy atom. The molecule has 1 aliphatic rings. The van der Waals surface area contributed by atoms with E-state index in [9.17, 15) is 14.4 Å². The molecule has 3 rings (SSSR count). The average molecular weight is 399 g/mol. The van der Waals surface area contributed by atoms with Crippen LogP contribution in [0, 0.1) is 19.8 Å². The normalized spacial score (nSPS) is 19.7. The SMILES string of the molecule is Cc1ccc(C)c(C(=O)C2C(=O)C(=O)N(CCCN(C)C)C2c2cccs2)c1. The van der Waals surface area contributed by atoms with Crippen LogP contribution < -0.4 is 0 Å². The Kier molecular flexibility index (Phi) is 6.10. The summed E-state index contributed by atoms with van der Waals surface area (Å²) in [4.78, 5) is 43.6. The molecule has 0 saturated carbocycles. The molecule has 148 valence electrons. The van der Waals surface area contributed by atoms with Gasteiger partial charge in [0.15, 0.2) is 5.78 Å². The first kappa shape index (κ1) is 20.4. The Balaban J connectivity index is 1.98. The maximum Gasteiger partial charge on any atom is 0.291 e. The number of Topliss-reactive ketones (excluding diaryl/α,β-unsaturated/α-hetero) is 2. The maximum absolute atomic E-state index is 13.4. The highest BCUT2D eigenvalue weighted by molar-refractivity contribution is 7.10. The van der Waals surface area contributed by atoms with Crippen LogP contribution in [0.3, 0.4) is 0 Å². The van der Waals surface area contributed by atoms with Crippen LogP contribution >= 0.6 is 11.3 Å². The van der Waals surface area contributed by atoms with Gasteiger partial charge >= 0.3 is 0 Å². The number of ketones is 2. The van der Waals surface area contributed by atoms with E-state index in [1.54, 1.807) is 4.90 Å². The topological polar surface area (TPSA) is 57.7 Å². The van der Waals surface area contributed by atoms with Crippen molar-refractivity contribution in [1.82, 2.24) is 9.80 Å². The highest BCUT2D eigenvalue weighted by Crippen LogP contribution is 2.40. The van der Waals surface area contributed by atoms with Gasteiger partial charge in [0.2, 0.25) is 5.78 Å². The van der Waals surface area contributed by atoms with E-state index < -0.39 is 23.7 Å². The molecule has 0 spiro atoms. The van der Waals surface area contributed by atoms with E-state index in [0.29, 0.717) is 12.1 Å². The van der Waals surface area contributed by atoms with Gasteiger partial charge in [0.05, 0.1) is 6.04 Å². The van der Waals surface area contributed by atoms with E-state index >= 15 is 0 Å². The molecule has 0 bridgehead atoms. The van der Waals surface area contributed by atoms with Crippen LogP contribution in [0.4, 0.5) is 0 Å². The monoisotopic (exact) mass is 398 g/mol. The minimum Gasteiger partial charge on any atom is -0.327 e. The van der Waals surface area contributed by atoms with E-state index in [2.05, 4.69) is 0 Å². The third-order valence-electron chi connectivity index (χ3n) is 5.19. The molecular weight excluding hydrogens is 372 g/mol. The number of amides is 1. The molecule has 2 aromatic rings. The zero-order valence-corrected chi connectivity index (χ0v) is 17.6. The molecule has 0 N–H and O–H groups in total. The summed E-state index contributed by atoms with van der Waals surface area (Å²) in [6.45, 7) is 5.05. The second kappa shape index (κ2) is 8.37. The van der Waals surface area contributed by atoms with Gasteiger partial charge in [-0.3, -0.25) is 14.4 Å². The van der Waals surface area contributed by atoms with Crippen molar-refractivity contribution in [3.8, 4) is 0 Å². The highest BCUT2D eigenvalue weighted by Gasteiger charge is 2.51. The van der Waals surface area contributed by atoms with Gasteiger partial charge in [-0.1, -0.05) is 23.8 Å². The second-order valence-electron chi connectivity index (χ2n) is 7.64. The van der Waals surface area contributed by atoms with Gasteiger partial charge < -0.3 is 9.80 Å². The number of carbonyl (C=O) groups excluding carboxylic acids is 3. The highest BCUT2D eigenvalue weighted by atomic mass is 32.1. The van der Waals surface area contributed by atoms with E-state index in [-0.39, 0.29) is 5.78 Å². The lowest BCUT2D eigenvalue weighted by molar-refractivity contribution is -0.140. The number of rotatable bonds is 7. The molecule has 1 aliphatic heterocycles. The first-order valence-electron chi connectivity index (χ1n) is 9.45. The molecule has 2 unspecified atom stereocenters. The largest absolute Gasteiger partial charge is 0.327 e. The van der Waals surface area contributed by atoms with E-state index in [1.807, 2.05) is 68.6 Å². The van der Waals surface area contributed by atoms with Crippen LogP contribution in [-0.4, -0.2) is 54.5 Å². The van der Waals surface area contributed by atoms with Crippen molar-refractivity contribution >= 4 is 28.8 Å². The third kappa shape index (κ3) is 3.93. The number of carbonyl (C=O) groups is 3. The minimum absolute atomic E-state index is 0.256. The molecule has 0 aliphatic carbocycles. The number of aryl methyl sites for hydroxylation is 2. The molecule has 5 nitrogen and oxygen atoms in total. The van der Waals surface area contributed by atoms with Crippen molar-refractivity contribution in [2.75, 3.05) is 27.2 Å². The summed E-state index contributed by atoms with van der Waals surface area (Å²) in [5.74, 6) is -2.37. The third-order valence-corrected chi connectivity index (χ3v) is 6.13. The fraction of sp³-hybridized carbons (Fsp3) is 0.409. The van der Waals surface area contributed by atoms with Crippen molar-refractivity contribution in [2.45, 2.75) is 26.3 Å². The van der Waals surface area contributed by atoms with Crippen LogP contribution in [-0.2, 0) is 9.59 Å². The summed E-state index contributed by atoms with van der Waals surface area (Å²) >= 11 is 1.48. The number of nitrogens with zero attached hydrogens (tertiary/aromatic N) is 2. The van der Waals surface area contributed by atoms with Crippen LogP contribution in [0.25, 0.3) is 0 Å². The van der Waals surface area contributed by atoms with Crippen molar-refractivity contribution in [3.63, 3.8) is 0 Å². The number of hydrogen-bond donors (Lipinski definition) is 0. The van der Waals surface area contributed by atoms with Crippen molar-refractivity contribution in [3.05, 3.63) is 57.3 Å². The summed E-state index contributed by atoms with van der Waals surface area (Å²) in [6, 6.07) is 8.93.